The van der Waals surface area contributed by atoms with Crippen molar-refractivity contribution in [2.24, 2.45) is 5.92 Å². The lowest BCUT2D eigenvalue weighted by Gasteiger charge is -2.17. The Labute approximate surface area is 78.7 Å². The van der Waals surface area contributed by atoms with Crippen molar-refractivity contribution < 1.29 is 4.79 Å². The Bertz CT molecular complexity index is 299. The van der Waals surface area contributed by atoms with E-state index < -0.39 is 0 Å². The molecular formula is C11H15NO. The van der Waals surface area contributed by atoms with Gasteiger partial charge in [0.15, 0.2) is 0 Å². The largest absolute Gasteiger partial charge is 0.383 e. The highest BCUT2D eigenvalue weighted by atomic mass is 16.1. The van der Waals surface area contributed by atoms with Gasteiger partial charge in [-0.1, -0.05) is 6.08 Å². The third-order valence-electron chi connectivity index (χ3n) is 2.79. The molecule has 2 aliphatic rings. The zero-order valence-corrected chi connectivity index (χ0v) is 8.13. The lowest BCUT2D eigenvalue weighted by molar-refractivity contribution is -0.105. The Balaban J connectivity index is 2.20. The minimum absolute atomic E-state index is 0.197. The number of hydrogen-bond donors (Lipinski definition) is 1. The molecule has 2 rings (SSSR count). The first kappa shape index (κ1) is 8.54. The fourth-order valence-electron chi connectivity index (χ4n) is 2.27. The van der Waals surface area contributed by atoms with Crippen molar-refractivity contribution in [3.8, 4) is 0 Å². The topological polar surface area (TPSA) is 29.1 Å². The molecule has 0 aromatic rings. The van der Waals surface area contributed by atoms with Crippen LogP contribution in [0.2, 0.25) is 0 Å². The van der Waals surface area contributed by atoms with Crippen molar-refractivity contribution in [1.29, 1.82) is 0 Å². The molecule has 0 bridgehead atoms. The summed E-state index contributed by atoms with van der Waals surface area (Å²) in [6.07, 6.45) is 6.98. The summed E-state index contributed by atoms with van der Waals surface area (Å²) in [4.78, 5) is 10.6. The first-order valence-electron chi connectivity index (χ1n) is 4.75. The Hall–Kier alpha value is -1.05. The average molecular weight is 177 g/mol. The molecule has 1 aliphatic carbocycles. The van der Waals surface area contributed by atoms with Crippen LogP contribution in [0.5, 0.6) is 0 Å². The summed E-state index contributed by atoms with van der Waals surface area (Å²) in [6.45, 7) is 4.40. The fourth-order valence-corrected chi connectivity index (χ4v) is 2.27. The molecule has 1 fully saturated rings. The van der Waals surface area contributed by atoms with E-state index in [1.54, 1.807) is 0 Å². The van der Waals surface area contributed by atoms with Gasteiger partial charge in [-0.15, -0.1) is 0 Å². The summed E-state index contributed by atoms with van der Waals surface area (Å²) in [5, 5.41) is 3.48. The molecule has 1 atom stereocenters. The van der Waals surface area contributed by atoms with Crippen molar-refractivity contribution in [2.75, 3.05) is 0 Å². The average Bonchev–Trinajstić information content (AvgIpc) is 2.36. The number of nitrogens with one attached hydrogen (secondary N) is 1. The van der Waals surface area contributed by atoms with E-state index in [1.807, 2.05) is 12.2 Å². The molecule has 13 heavy (non-hydrogen) atoms. The number of carbonyl (C=O) groups excluding carboxylic acids is 1. The number of rotatable bonds is 1. The van der Waals surface area contributed by atoms with Gasteiger partial charge in [0.05, 0.1) is 0 Å². The summed E-state index contributed by atoms with van der Waals surface area (Å²) >= 11 is 0. The SMILES string of the molecule is CC1(C)CC2CC(C=O)=CC=C2N1. The van der Waals surface area contributed by atoms with Crippen LogP contribution in [-0.2, 0) is 4.79 Å². The van der Waals surface area contributed by atoms with E-state index in [0.717, 1.165) is 24.7 Å². The maximum atomic E-state index is 10.6. The van der Waals surface area contributed by atoms with Crippen LogP contribution in [0.3, 0.4) is 0 Å². The molecule has 0 radical (unpaired) electrons. The number of hydrogen-bond acceptors (Lipinski definition) is 2. The van der Waals surface area contributed by atoms with E-state index in [2.05, 4.69) is 19.2 Å². The second kappa shape index (κ2) is 2.72. The fraction of sp³-hybridized carbons (Fsp3) is 0.545. The van der Waals surface area contributed by atoms with Crippen LogP contribution >= 0.6 is 0 Å². The van der Waals surface area contributed by atoms with Gasteiger partial charge in [-0.3, -0.25) is 4.79 Å². The summed E-state index contributed by atoms with van der Waals surface area (Å²) in [7, 11) is 0. The molecule has 1 unspecified atom stereocenters. The van der Waals surface area contributed by atoms with Crippen molar-refractivity contribution >= 4 is 6.29 Å². The molecule has 1 heterocycles. The second-order valence-electron chi connectivity index (χ2n) is 4.60. The van der Waals surface area contributed by atoms with Gasteiger partial charge in [0.2, 0.25) is 0 Å². The molecule has 1 aliphatic heterocycles. The van der Waals surface area contributed by atoms with Crippen molar-refractivity contribution in [3.05, 3.63) is 23.4 Å². The van der Waals surface area contributed by atoms with Crippen LogP contribution < -0.4 is 5.32 Å². The number of carbonyl (C=O) groups is 1. The molecule has 0 aromatic heterocycles. The first-order chi connectivity index (χ1) is 6.11. The van der Waals surface area contributed by atoms with Crippen LogP contribution in [-0.4, -0.2) is 11.8 Å². The van der Waals surface area contributed by atoms with Gasteiger partial charge < -0.3 is 5.32 Å². The van der Waals surface area contributed by atoms with Crippen molar-refractivity contribution in [3.63, 3.8) is 0 Å². The third kappa shape index (κ3) is 1.53. The van der Waals surface area contributed by atoms with Gasteiger partial charge >= 0.3 is 0 Å². The predicted molar refractivity (Wildman–Crippen MR) is 52.2 cm³/mol. The van der Waals surface area contributed by atoms with Crippen LogP contribution in [0, 0.1) is 5.92 Å². The third-order valence-corrected chi connectivity index (χ3v) is 2.79. The summed E-state index contributed by atoms with van der Waals surface area (Å²) in [5.41, 5.74) is 2.42. The maximum absolute atomic E-state index is 10.6. The normalized spacial score (nSPS) is 29.8. The van der Waals surface area contributed by atoms with E-state index in [4.69, 9.17) is 0 Å². The van der Waals surface area contributed by atoms with Gasteiger partial charge in [-0.2, -0.15) is 0 Å². The summed E-state index contributed by atoms with van der Waals surface area (Å²) < 4.78 is 0. The van der Waals surface area contributed by atoms with Crippen LogP contribution in [0.4, 0.5) is 0 Å². The van der Waals surface area contributed by atoms with E-state index in [-0.39, 0.29) is 5.54 Å². The Kier molecular flexibility index (Phi) is 1.79. The van der Waals surface area contributed by atoms with E-state index >= 15 is 0 Å². The standard InChI is InChI=1S/C11H15NO/c1-11(2)6-9-5-8(7-13)3-4-10(9)12-11/h3-4,7,9,12H,5-6H2,1-2H3. The highest BCUT2D eigenvalue weighted by Crippen LogP contribution is 2.36. The van der Waals surface area contributed by atoms with Gasteiger partial charge in [0, 0.05) is 17.2 Å². The quantitative estimate of drug-likeness (QED) is 0.619. The minimum atomic E-state index is 0.197. The predicted octanol–water partition coefficient (Wildman–Crippen LogP) is 1.79. The number of fused-ring (bicyclic) bond motifs is 1. The van der Waals surface area contributed by atoms with Crippen molar-refractivity contribution in [2.45, 2.75) is 32.2 Å². The van der Waals surface area contributed by atoms with Gasteiger partial charge in [0.25, 0.3) is 0 Å². The molecule has 0 aromatic carbocycles. The molecule has 2 nitrogen and oxygen atoms in total. The van der Waals surface area contributed by atoms with E-state index in [0.29, 0.717) is 5.92 Å². The molecule has 70 valence electrons. The smallest absolute Gasteiger partial charge is 0.146 e. The number of aldehydes is 1. The molecule has 1 N–H and O–H groups in total. The van der Waals surface area contributed by atoms with Crippen LogP contribution in [0.15, 0.2) is 23.4 Å². The van der Waals surface area contributed by atoms with E-state index in [9.17, 15) is 4.79 Å². The molecular weight excluding hydrogens is 162 g/mol. The van der Waals surface area contributed by atoms with Crippen LogP contribution in [0.25, 0.3) is 0 Å². The van der Waals surface area contributed by atoms with Crippen molar-refractivity contribution in [1.82, 2.24) is 5.32 Å². The van der Waals surface area contributed by atoms with Crippen LogP contribution in [0.1, 0.15) is 26.7 Å². The lowest BCUT2D eigenvalue weighted by Crippen LogP contribution is -2.30. The molecule has 1 saturated heterocycles. The van der Waals surface area contributed by atoms with Gasteiger partial charge in [0.1, 0.15) is 6.29 Å². The summed E-state index contributed by atoms with van der Waals surface area (Å²) in [5.74, 6) is 0.542. The van der Waals surface area contributed by atoms with E-state index in [1.165, 1.54) is 5.70 Å². The lowest BCUT2D eigenvalue weighted by atomic mass is 9.88. The Morgan fingerprint density at radius 3 is 3.00 bits per heavy atom. The van der Waals surface area contributed by atoms with Gasteiger partial charge in [-0.05, 0) is 38.3 Å². The minimum Gasteiger partial charge on any atom is -0.383 e. The molecule has 0 saturated carbocycles. The number of allylic oxidation sites excluding steroid dienone is 4. The molecule has 0 amide bonds. The molecule has 0 spiro atoms. The Morgan fingerprint density at radius 2 is 2.31 bits per heavy atom. The highest BCUT2D eigenvalue weighted by Gasteiger charge is 2.35. The second-order valence-corrected chi connectivity index (χ2v) is 4.60. The molecule has 2 heteroatoms. The zero-order valence-electron chi connectivity index (χ0n) is 8.13. The Morgan fingerprint density at radius 1 is 1.54 bits per heavy atom. The first-order valence-corrected chi connectivity index (χ1v) is 4.75. The monoisotopic (exact) mass is 177 g/mol. The maximum Gasteiger partial charge on any atom is 0.146 e. The summed E-state index contributed by atoms with van der Waals surface area (Å²) in [6, 6.07) is 0. The highest BCUT2D eigenvalue weighted by molar-refractivity contribution is 5.74. The van der Waals surface area contributed by atoms with Gasteiger partial charge in [-0.25, -0.2) is 0 Å². The zero-order chi connectivity index (χ0) is 9.47.